The Morgan fingerprint density at radius 2 is 2.00 bits per heavy atom. The summed E-state index contributed by atoms with van der Waals surface area (Å²) in [4.78, 5) is 14.8. The second-order valence-electron chi connectivity index (χ2n) is 7.29. The lowest BCUT2D eigenvalue weighted by atomic mass is 9.77. The van der Waals surface area contributed by atoms with E-state index in [1.54, 1.807) is 0 Å². The summed E-state index contributed by atoms with van der Waals surface area (Å²) in [5.74, 6) is 1.05. The zero-order valence-electron chi connectivity index (χ0n) is 13.8. The Morgan fingerprint density at radius 3 is 2.62 bits per heavy atom. The smallest absolute Gasteiger partial charge is 0.237 e. The SMILES string of the molecule is CC1CCN(CCNC(=O)C2NCCCC2(C)C)CC1.Cl. The highest BCUT2D eigenvalue weighted by Gasteiger charge is 2.36. The van der Waals surface area contributed by atoms with E-state index in [1.165, 1.54) is 32.4 Å². The number of likely N-dealkylation sites (tertiary alicyclic amines) is 1. The molecule has 0 spiro atoms. The van der Waals surface area contributed by atoms with Crippen molar-refractivity contribution in [1.29, 1.82) is 0 Å². The minimum atomic E-state index is -0.0300. The van der Waals surface area contributed by atoms with Crippen LogP contribution in [0, 0.1) is 11.3 Å². The summed E-state index contributed by atoms with van der Waals surface area (Å²) in [7, 11) is 0. The predicted molar refractivity (Wildman–Crippen MR) is 89.9 cm³/mol. The molecule has 5 heteroatoms. The van der Waals surface area contributed by atoms with Crippen LogP contribution in [0.4, 0.5) is 0 Å². The van der Waals surface area contributed by atoms with E-state index in [4.69, 9.17) is 0 Å². The van der Waals surface area contributed by atoms with E-state index in [0.29, 0.717) is 0 Å². The standard InChI is InChI=1S/C16H31N3O.ClH/c1-13-5-10-19(11-6-13)12-9-18-15(20)14-16(2,3)7-4-8-17-14;/h13-14,17H,4-12H2,1-3H3,(H,18,20);1H. The highest BCUT2D eigenvalue weighted by molar-refractivity contribution is 5.85. The zero-order chi connectivity index (χ0) is 14.6. The van der Waals surface area contributed by atoms with Crippen LogP contribution >= 0.6 is 12.4 Å². The number of hydrogen-bond donors (Lipinski definition) is 2. The molecule has 2 saturated heterocycles. The van der Waals surface area contributed by atoms with Crippen LogP contribution in [-0.2, 0) is 4.79 Å². The van der Waals surface area contributed by atoms with Gasteiger partial charge in [0.05, 0.1) is 6.04 Å². The number of nitrogens with zero attached hydrogens (tertiary/aromatic N) is 1. The van der Waals surface area contributed by atoms with Gasteiger partial charge < -0.3 is 15.5 Å². The molecule has 0 aromatic heterocycles. The minimum Gasteiger partial charge on any atom is -0.353 e. The Bertz CT molecular complexity index is 327. The molecule has 0 saturated carbocycles. The maximum absolute atomic E-state index is 12.3. The van der Waals surface area contributed by atoms with Crippen molar-refractivity contribution in [3.63, 3.8) is 0 Å². The third-order valence-corrected chi connectivity index (χ3v) is 4.99. The minimum absolute atomic E-state index is 0. The quantitative estimate of drug-likeness (QED) is 0.834. The summed E-state index contributed by atoms with van der Waals surface area (Å²) < 4.78 is 0. The van der Waals surface area contributed by atoms with Gasteiger partial charge in [0, 0.05) is 13.1 Å². The van der Waals surface area contributed by atoms with Crippen molar-refractivity contribution < 1.29 is 4.79 Å². The van der Waals surface area contributed by atoms with Gasteiger partial charge in [-0.1, -0.05) is 20.8 Å². The number of hydrogen-bond acceptors (Lipinski definition) is 3. The molecule has 1 amide bonds. The van der Waals surface area contributed by atoms with Gasteiger partial charge in [-0.15, -0.1) is 12.4 Å². The lowest BCUT2D eigenvalue weighted by molar-refractivity contribution is -0.126. The molecule has 2 aliphatic heterocycles. The average Bonchev–Trinajstić information content (AvgIpc) is 2.40. The third kappa shape index (κ3) is 5.42. The normalized spacial score (nSPS) is 26.9. The first-order valence-corrected chi connectivity index (χ1v) is 8.22. The van der Waals surface area contributed by atoms with Gasteiger partial charge >= 0.3 is 0 Å². The van der Waals surface area contributed by atoms with Crippen LogP contribution in [0.25, 0.3) is 0 Å². The Hall–Kier alpha value is -0.320. The maximum atomic E-state index is 12.3. The summed E-state index contributed by atoms with van der Waals surface area (Å²) in [6.45, 7) is 11.8. The molecule has 0 aliphatic carbocycles. The van der Waals surface area contributed by atoms with E-state index in [-0.39, 0.29) is 29.8 Å². The fourth-order valence-corrected chi connectivity index (χ4v) is 3.38. The monoisotopic (exact) mass is 317 g/mol. The van der Waals surface area contributed by atoms with Crippen LogP contribution in [0.2, 0.25) is 0 Å². The zero-order valence-corrected chi connectivity index (χ0v) is 14.6. The Morgan fingerprint density at radius 1 is 1.33 bits per heavy atom. The van der Waals surface area contributed by atoms with Crippen molar-refractivity contribution in [1.82, 2.24) is 15.5 Å². The first kappa shape index (κ1) is 18.7. The van der Waals surface area contributed by atoms with Crippen LogP contribution in [0.5, 0.6) is 0 Å². The molecule has 0 radical (unpaired) electrons. The molecule has 1 atom stereocenters. The molecule has 0 aromatic rings. The molecular weight excluding hydrogens is 286 g/mol. The highest BCUT2D eigenvalue weighted by atomic mass is 35.5. The predicted octanol–water partition coefficient (Wildman–Crippen LogP) is 2.03. The number of nitrogens with one attached hydrogen (secondary N) is 2. The Labute approximate surface area is 135 Å². The van der Waals surface area contributed by atoms with Crippen LogP contribution in [0.3, 0.4) is 0 Å². The van der Waals surface area contributed by atoms with Crippen LogP contribution in [0.15, 0.2) is 0 Å². The van der Waals surface area contributed by atoms with Gasteiger partial charge in [-0.25, -0.2) is 0 Å². The van der Waals surface area contributed by atoms with Gasteiger partial charge in [-0.05, 0) is 56.7 Å². The molecular formula is C16H32ClN3O. The molecule has 1 unspecified atom stereocenters. The van der Waals surface area contributed by atoms with Crippen LogP contribution < -0.4 is 10.6 Å². The van der Waals surface area contributed by atoms with Gasteiger partial charge in [0.1, 0.15) is 0 Å². The molecule has 124 valence electrons. The van der Waals surface area contributed by atoms with Crippen molar-refractivity contribution in [2.75, 3.05) is 32.7 Å². The molecule has 4 nitrogen and oxygen atoms in total. The molecule has 21 heavy (non-hydrogen) atoms. The third-order valence-electron chi connectivity index (χ3n) is 4.99. The summed E-state index contributed by atoms with van der Waals surface area (Å²) >= 11 is 0. The number of amides is 1. The number of rotatable bonds is 4. The molecule has 2 heterocycles. The van der Waals surface area contributed by atoms with Crippen molar-refractivity contribution in [3.8, 4) is 0 Å². The van der Waals surface area contributed by atoms with Gasteiger partial charge in [0.25, 0.3) is 0 Å². The van der Waals surface area contributed by atoms with E-state index in [0.717, 1.165) is 32.0 Å². The van der Waals surface area contributed by atoms with Gasteiger partial charge in [-0.2, -0.15) is 0 Å². The molecule has 0 aromatic carbocycles. The summed E-state index contributed by atoms with van der Waals surface area (Å²) in [5, 5.41) is 6.50. The summed E-state index contributed by atoms with van der Waals surface area (Å²) in [6.07, 6.45) is 4.89. The number of carbonyl (C=O) groups excluding carboxylic acids is 1. The number of piperidine rings is 2. The molecule has 2 fully saturated rings. The highest BCUT2D eigenvalue weighted by Crippen LogP contribution is 2.30. The number of carbonyl (C=O) groups is 1. The summed E-state index contributed by atoms with van der Waals surface area (Å²) in [5.41, 5.74) is 0.0723. The van der Waals surface area contributed by atoms with E-state index in [2.05, 4.69) is 36.3 Å². The fraction of sp³-hybridized carbons (Fsp3) is 0.938. The fourth-order valence-electron chi connectivity index (χ4n) is 3.38. The van der Waals surface area contributed by atoms with E-state index >= 15 is 0 Å². The van der Waals surface area contributed by atoms with E-state index < -0.39 is 0 Å². The first-order chi connectivity index (χ1) is 9.49. The van der Waals surface area contributed by atoms with Gasteiger partial charge in [0.15, 0.2) is 0 Å². The van der Waals surface area contributed by atoms with Crippen molar-refractivity contribution in [3.05, 3.63) is 0 Å². The second-order valence-corrected chi connectivity index (χ2v) is 7.29. The Kier molecular flexibility index (Phi) is 7.45. The van der Waals surface area contributed by atoms with Gasteiger partial charge in [-0.3, -0.25) is 4.79 Å². The largest absolute Gasteiger partial charge is 0.353 e. The van der Waals surface area contributed by atoms with Crippen molar-refractivity contribution in [2.45, 2.75) is 52.5 Å². The van der Waals surface area contributed by atoms with Gasteiger partial charge in [0.2, 0.25) is 5.91 Å². The maximum Gasteiger partial charge on any atom is 0.237 e. The molecule has 0 bridgehead atoms. The lowest BCUT2D eigenvalue weighted by Gasteiger charge is -2.38. The van der Waals surface area contributed by atoms with E-state index in [9.17, 15) is 4.79 Å². The molecule has 2 rings (SSSR count). The van der Waals surface area contributed by atoms with E-state index in [1.807, 2.05) is 0 Å². The first-order valence-electron chi connectivity index (χ1n) is 8.22. The topological polar surface area (TPSA) is 44.4 Å². The molecule has 2 N–H and O–H groups in total. The lowest BCUT2D eigenvalue weighted by Crippen LogP contribution is -2.56. The van der Waals surface area contributed by atoms with Crippen molar-refractivity contribution >= 4 is 18.3 Å². The molecule has 2 aliphatic rings. The number of halogens is 1. The Balaban J connectivity index is 0.00000220. The van der Waals surface area contributed by atoms with Crippen molar-refractivity contribution in [2.24, 2.45) is 11.3 Å². The average molecular weight is 318 g/mol. The van der Waals surface area contributed by atoms with Crippen LogP contribution in [-0.4, -0.2) is 49.6 Å². The second kappa shape index (κ2) is 8.35. The summed E-state index contributed by atoms with van der Waals surface area (Å²) in [6, 6.07) is -0.0300. The van der Waals surface area contributed by atoms with Crippen LogP contribution in [0.1, 0.15) is 46.5 Å².